The van der Waals surface area contributed by atoms with Gasteiger partial charge in [0, 0.05) is 25.4 Å². The van der Waals surface area contributed by atoms with E-state index < -0.39 is 0 Å². The summed E-state index contributed by atoms with van der Waals surface area (Å²) >= 11 is 1.89. The maximum atomic E-state index is 8.61. The lowest BCUT2D eigenvalue weighted by atomic mass is 10.1. The van der Waals surface area contributed by atoms with E-state index in [1.807, 2.05) is 11.8 Å². The third-order valence-corrected chi connectivity index (χ3v) is 3.39. The predicted molar refractivity (Wildman–Crippen MR) is 71.9 cm³/mol. The standard InChI is InChI=1S/C13H21NOS/c1-12-3-5-13(6-4-12)11-14-7-10-16-9-2-8-15/h3-6,14-15H,2,7-11H2,1H3. The largest absolute Gasteiger partial charge is 0.396 e. The molecule has 0 amide bonds. The summed E-state index contributed by atoms with van der Waals surface area (Å²) in [6, 6.07) is 8.63. The number of hydrogen-bond acceptors (Lipinski definition) is 3. The van der Waals surface area contributed by atoms with Gasteiger partial charge in [0.25, 0.3) is 0 Å². The van der Waals surface area contributed by atoms with Crippen molar-refractivity contribution in [2.24, 2.45) is 0 Å². The first-order valence-electron chi connectivity index (χ1n) is 5.78. The van der Waals surface area contributed by atoms with Crippen LogP contribution in [-0.2, 0) is 6.54 Å². The molecule has 90 valence electrons. The summed E-state index contributed by atoms with van der Waals surface area (Å²) in [5.41, 5.74) is 2.65. The second-order valence-electron chi connectivity index (χ2n) is 3.85. The lowest BCUT2D eigenvalue weighted by Crippen LogP contribution is -2.16. The van der Waals surface area contributed by atoms with E-state index >= 15 is 0 Å². The molecule has 0 saturated heterocycles. The topological polar surface area (TPSA) is 32.3 Å². The molecule has 0 heterocycles. The normalized spacial score (nSPS) is 10.6. The minimum absolute atomic E-state index is 0.309. The van der Waals surface area contributed by atoms with E-state index in [9.17, 15) is 0 Å². The van der Waals surface area contributed by atoms with Gasteiger partial charge in [-0.15, -0.1) is 0 Å². The first-order chi connectivity index (χ1) is 7.83. The number of rotatable bonds is 8. The first kappa shape index (κ1) is 13.6. The summed E-state index contributed by atoms with van der Waals surface area (Å²) in [5, 5.41) is 12.0. The average molecular weight is 239 g/mol. The Labute approximate surface area is 102 Å². The van der Waals surface area contributed by atoms with E-state index in [0.29, 0.717) is 6.61 Å². The SMILES string of the molecule is Cc1ccc(CNCCSCCCO)cc1. The highest BCUT2D eigenvalue weighted by atomic mass is 32.2. The van der Waals surface area contributed by atoms with Gasteiger partial charge in [-0.1, -0.05) is 29.8 Å². The fourth-order valence-electron chi connectivity index (χ4n) is 1.35. The van der Waals surface area contributed by atoms with Crippen molar-refractivity contribution in [3.63, 3.8) is 0 Å². The Morgan fingerprint density at radius 3 is 2.62 bits per heavy atom. The molecule has 16 heavy (non-hydrogen) atoms. The fraction of sp³-hybridized carbons (Fsp3) is 0.538. The van der Waals surface area contributed by atoms with Crippen LogP contribution in [0.4, 0.5) is 0 Å². The van der Waals surface area contributed by atoms with Crippen molar-refractivity contribution in [1.82, 2.24) is 5.32 Å². The van der Waals surface area contributed by atoms with Crippen LogP contribution in [0.25, 0.3) is 0 Å². The lowest BCUT2D eigenvalue weighted by Gasteiger charge is -2.05. The van der Waals surface area contributed by atoms with Crippen molar-refractivity contribution in [3.8, 4) is 0 Å². The highest BCUT2D eigenvalue weighted by Gasteiger charge is 1.92. The summed E-state index contributed by atoms with van der Waals surface area (Å²) in [5.74, 6) is 2.18. The Hall–Kier alpha value is -0.510. The maximum absolute atomic E-state index is 8.61. The third kappa shape index (κ3) is 6.16. The minimum atomic E-state index is 0.309. The first-order valence-corrected chi connectivity index (χ1v) is 6.93. The zero-order valence-electron chi connectivity index (χ0n) is 9.91. The van der Waals surface area contributed by atoms with Gasteiger partial charge >= 0.3 is 0 Å². The van der Waals surface area contributed by atoms with Crippen molar-refractivity contribution in [1.29, 1.82) is 0 Å². The number of aliphatic hydroxyl groups is 1. The summed E-state index contributed by atoms with van der Waals surface area (Å²) in [7, 11) is 0. The molecule has 0 atom stereocenters. The van der Waals surface area contributed by atoms with Crippen LogP contribution in [0.1, 0.15) is 17.5 Å². The molecule has 1 rings (SSSR count). The molecule has 0 aliphatic rings. The molecule has 1 aromatic carbocycles. The van der Waals surface area contributed by atoms with Gasteiger partial charge in [0.1, 0.15) is 0 Å². The van der Waals surface area contributed by atoms with Crippen LogP contribution in [0.15, 0.2) is 24.3 Å². The molecule has 2 N–H and O–H groups in total. The molecule has 0 radical (unpaired) electrons. The maximum Gasteiger partial charge on any atom is 0.0438 e. The Balaban J connectivity index is 2.01. The Morgan fingerprint density at radius 1 is 1.19 bits per heavy atom. The highest BCUT2D eigenvalue weighted by Crippen LogP contribution is 2.03. The number of benzene rings is 1. The van der Waals surface area contributed by atoms with Crippen LogP contribution in [0, 0.1) is 6.92 Å². The van der Waals surface area contributed by atoms with Gasteiger partial charge in [0.05, 0.1) is 0 Å². The van der Waals surface area contributed by atoms with Crippen LogP contribution >= 0.6 is 11.8 Å². The van der Waals surface area contributed by atoms with Crippen LogP contribution in [0.3, 0.4) is 0 Å². The predicted octanol–water partition coefficient (Wildman–Crippen LogP) is 2.20. The molecule has 0 unspecified atom stereocenters. The fourth-order valence-corrected chi connectivity index (χ4v) is 2.18. The van der Waals surface area contributed by atoms with E-state index in [0.717, 1.165) is 31.0 Å². The van der Waals surface area contributed by atoms with Gasteiger partial charge in [0.15, 0.2) is 0 Å². The molecule has 1 aromatic rings. The lowest BCUT2D eigenvalue weighted by molar-refractivity contribution is 0.296. The molecular weight excluding hydrogens is 218 g/mol. The molecule has 0 aromatic heterocycles. The Kier molecular flexibility index (Phi) is 7.30. The van der Waals surface area contributed by atoms with Crippen LogP contribution in [0.2, 0.25) is 0 Å². The number of aliphatic hydroxyl groups excluding tert-OH is 1. The van der Waals surface area contributed by atoms with Gasteiger partial charge in [-0.05, 0) is 24.7 Å². The van der Waals surface area contributed by atoms with E-state index in [2.05, 4.69) is 36.5 Å². The second-order valence-corrected chi connectivity index (χ2v) is 5.08. The van der Waals surface area contributed by atoms with Gasteiger partial charge in [-0.2, -0.15) is 11.8 Å². The molecular formula is C13H21NOS. The molecule has 0 fully saturated rings. The molecule has 3 heteroatoms. The van der Waals surface area contributed by atoms with Crippen LogP contribution in [-0.4, -0.2) is 29.8 Å². The highest BCUT2D eigenvalue weighted by molar-refractivity contribution is 7.99. The van der Waals surface area contributed by atoms with E-state index in [-0.39, 0.29) is 0 Å². The van der Waals surface area contributed by atoms with Crippen LogP contribution < -0.4 is 5.32 Å². The number of thioether (sulfide) groups is 1. The van der Waals surface area contributed by atoms with Crippen molar-refractivity contribution in [2.75, 3.05) is 24.7 Å². The average Bonchev–Trinajstić information content (AvgIpc) is 2.30. The number of nitrogens with one attached hydrogen (secondary N) is 1. The molecule has 0 bridgehead atoms. The van der Waals surface area contributed by atoms with Gasteiger partial charge < -0.3 is 10.4 Å². The third-order valence-electron chi connectivity index (χ3n) is 2.32. The number of hydrogen-bond donors (Lipinski definition) is 2. The summed E-state index contributed by atoms with van der Waals surface area (Å²) in [6.07, 6.45) is 0.905. The van der Waals surface area contributed by atoms with E-state index in [4.69, 9.17) is 5.11 Å². The van der Waals surface area contributed by atoms with Crippen molar-refractivity contribution < 1.29 is 5.11 Å². The molecule has 0 spiro atoms. The Morgan fingerprint density at radius 2 is 1.94 bits per heavy atom. The van der Waals surface area contributed by atoms with Crippen LogP contribution in [0.5, 0.6) is 0 Å². The molecule has 0 saturated carbocycles. The quantitative estimate of drug-likeness (QED) is 0.682. The molecule has 0 aliphatic heterocycles. The molecule has 2 nitrogen and oxygen atoms in total. The monoisotopic (exact) mass is 239 g/mol. The second kappa shape index (κ2) is 8.62. The zero-order valence-corrected chi connectivity index (χ0v) is 10.7. The molecule has 0 aliphatic carbocycles. The van der Waals surface area contributed by atoms with Gasteiger partial charge in [-0.3, -0.25) is 0 Å². The summed E-state index contributed by atoms with van der Waals surface area (Å²) in [6.45, 7) is 4.39. The zero-order chi connectivity index (χ0) is 11.6. The summed E-state index contributed by atoms with van der Waals surface area (Å²) < 4.78 is 0. The number of aryl methyl sites for hydroxylation is 1. The minimum Gasteiger partial charge on any atom is -0.396 e. The van der Waals surface area contributed by atoms with Crippen molar-refractivity contribution >= 4 is 11.8 Å². The van der Waals surface area contributed by atoms with E-state index in [1.165, 1.54) is 11.1 Å². The smallest absolute Gasteiger partial charge is 0.0438 e. The Bertz CT molecular complexity index is 274. The van der Waals surface area contributed by atoms with Crippen molar-refractivity contribution in [3.05, 3.63) is 35.4 Å². The summed E-state index contributed by atoms with van der Waals surface area (Å²) in [4.78, 5) is 0. The van der Waals surface area contributed by atoms with Gasteiger partial charge in [-0.25, -0.2) is 0 Å². The van der Waals surface area contributed by atoms with E-state index in [1.54, 1.807) is 0 Å². The van der Waals surface area contributed by atoms with Gasteiger partial charge in [0.2, 0.25) is 0 Å². The van der Waals surface area contributed by atoms with Crippen molar-refractivity contribution in [2.45, 2.75) is 19.9 Å².